The Morgan fingerprint density at radius 3 is 2.48 bits per heavy atom. The molecule has 0 radical (unpaired) electrons. The molecule has 2 aromatic carbocycles. The highest BCUT2D eigenvalue weighted by Gasteiger charge is 2.22. The first-order chi connectivity index (χ1) is 12.6. The Balaban J connectivity index is 2.20. The summed E-state index contributed by atoms with van der Waals surface area (Å²) >= 11 is 3.39. The van der Waals surface area contributed by atoms with Gasteiger partial charge < -0.3 is 0 Å². The van der Waals surface area contributed by atoms with Crippen LogP contribution in [-0.4, -0.2) is 32.8 Å². The van der Waals surface area contributed by atoms with Gasteiger partial charge in [-0.2, -0.15) is 5.10 Å². The van der Waals surface area contributed by atoms with E-state index < -0.39 is 15.9 Å². The second-order valence-corrected chi connectivity index (χ2v) is 9.05. The number of hydrogen-bond acceptors (Lipinski definition) is 4. The lowest BCUT2D eigenvalue weighted by Gasteiger charge is -2.24. The maximum absolute atomic E-state index is 12.3. The third kappa shape index (κ3) is 5.64. The van der Waals surface area contributed by atoms with Crippen LogP contribution in [0.2, 0.25) is 0 Å². The van der Waals surface area contributed by atoms with Crippen LogP contribution in [0.4, 0.5) is 5.69 Å². The quantitative estimate of drug-likeness (QED) is 0.539. The molecule has 8 heteroatoms. The van der Waals surface area contributed by atoms with Crippen molar-refractivity contribution in [2.24, 2.45) is 5.10 Å². The molecule has 27 heavy (non-hydrogen) atoms. The third-order valence-corrected chi connectivity index (χ3v) is 5.74. The SMILES string of the molecule is C/C(=N/NC(=O)CN(c1cccc(C)c1C)S(C)(=O)=O)c1cccc(Br)c1. The van der Waals surface area contributed by atoms with E-state index in [1.54, 1.807) is 19.1 Å². The van der Waals surface area contributed by atoms with Crippen LogP contribution in [-0.2, 0) is 14.8 Å². The summed E-state index contributed by atoms with van der Waals surface area (Å²) in [7, 11) is -3.63. The summed E-state index contributed by atoms with van der Waals surface area (Å²) in [5.41, 5.74) is 6.14. The average molecular weight is 452 g/mol. The van der Waals surface area contributed by atoms with Gasteiger partial charge in [0.05, 0.1) is 17.7 Å². The maximum atomic E-state index is 12.3. The second-order valence-electron chi connectivity index (χ2n) is 6.23. The molecule has 2 aromatic rings. The Bertz CT molecular complexity index is 987. The number of nitrogens with one attached hydrogen (secondary N) is 1. The first kappa shape index (κ1) is 21.1. The molecular formula is C19H22BrN3O3S. The van der Waals surface area contributed by atoms with Crippen LogP contribution in [0.5, 0.6) is 0 Å². The molecule has 0 saturated carbocycles. The van der Waals surface area contributed by atoms with E-state index in [1.165, 1.54) is 0 Å². The number of rotatable bonds is 6. The Kier molecular flexibility index (Phi) is 6.78. The van der Waals surface area contributed by atoms with E-state index in [0.717, 1.165) is 31.7 Å². The molecule has 144 valence electrons. The minimum Gasteiger partial charge on any atom is -0.271 e. The molecule has 0 atom stereocenters. The zero-order valence-corrected chi connectivity index (χ0v) is 18.1. The van der Waals surface area contributed by atoms with E-state index in [9.17, 15) is 13.2 Å². The number of benzene rings is 2. The van der Waals surface area contributed by atoms with Crippen molar-refractivity contribution in [1.82, 2.24) is 5.43 Å². The summed E-state index contributed by atoms with van der Waals surface area (Å²) in [6.45, 7) is 5.14. The molecule has 0 aliphatic carbocycles. The molecule has 0 unspecified atom stereocenters. The number of hydrazone groups is 1. The van der Waals surface area contributed by atoms with Gasteiger partial charge >= 0.3 is 0 Å². The molecule has 0 bridgehead atoms. The molecule has 0 heterocycles. The number of carbonyl (C=O) groups is 1. The molecule has 1 N–H and O–H groups in total. The van der Waals surface area contributed by atoms with Crippen LogP contribution in [0.3, 0.4) is 0 Å². The number of aryl methyl sites for hydroxylation is 1. The number of carbonyl (C=O) groups excluding carboxylic acids is 1. The molecule has 0 aromatic heterocycles. The predicted octanol–water partition coefficient (Wildman–Crippen LogP) is 3.37. The van der Waals surface area contributed by atoms with E-state index in [0.29, 0.717) is 11.4 Å². The van der Waals surface area contributed by atoms with E-state index in [1.807, 2.05) is 44.2 Å². The molecule has 0 fully saturated rings. The normalized spacial score (nSPS) is 12.0. The largest absolute Gasteiger partial charge is 0.271 e. The zero-order valence-electron chi connectivity index (χ0n) is 15.7. The van der Waals surface area contributed by atoms with Crippen molar-refractivity contribution in [3.63, 3.8) is 0 Å². The molecular weight excluding hydrogens is 430 g/mol. The van der Waals surface area contributed by atoms with Crippen LogP contribution in [0.15, 0.2) is 52.0 Å². The van der Waals surface area contributed by atoms with Gasteiger partial charge in [-0.3, -0.25) is 9.10 Å². The van der Waals surface area contributed by atoms with Crippen molar-refractivity contribution in [2.45, 2.75) is 20.8 Å². The second kappa shape index (κ2) is 8.67. The number of amides is 1. The summed E-state index contributed by atoms with van der Waals surface area (Å²) in [5.74, 6) is -0.518. The zero-order chi connectivity index (χ0) is 20.2. The molecule has 2 rings (SSSR count). The average Bonchev–Trinajstić information content (AvgIpc) is 2.59. The highest BCUT2D eigenvalue weighted by molar-refractivity contribution is 9.10. The topological polar surface area (TPSA) is 78.8 Å². The van der Waals surface area contributed by atoms with Crippen LogP contribution >= 0.6 is 15.9 Å². The standard InChI is InChI=1S/C19H22BrN3O3S/c1-13-7-5-10-18(14(13)2)23(27(4,25)26)12-19(24)22-21-15(3)16-8-6-9-17(20)11-16/h5-11H,12H2,1-4H3,(H,22,24)/b21-15-. The lowest BCUT2D eigenvalue weighted by atomic mass is 10.1. The van der Waals surface area contributed by atoms with Gasteiger partial charge in [-0.1, -0.05) is 40.2 Å². The van der Waals surface area contributed by atoms with E-state index in [2.05, 4.69) is 26.5 Å². The van der Waals surface area contributed by atoms with Gasteiger partial charge in [0.25, 0.3) is 5.91 Å². The number of hydrogen-bond donors (Lipinski definition) is 1. The molecule has 6 nitrogen and oxygen atoms in total. The van der Waals surface area contributed by atoms with Crippen molar-refractivity contribution >= 4 is 43.3 Å². The molecule has 0 spiro atoms. The highest BCUT2D eigenvalue weighted by atomic mass is 79.9. The first-order valence-corrected chi connectivity index (χ1v) is 10.9. The fraction of sp³-hybridized carbons (Fsp3) is 0.263. The Labute approximate surface area is 168 Å². The van der Waals surface area contributed by atoms with Crippen LogP contribution in [0, 0.1) is 13.8 Å². The van der Waals surface area contributed by atoms with Crippen molar-refractivity contribution in [3.05, 3.63) is 63.6 Å². The monoisotopic (exact) mass is 451 g/mol. The lowest BCUT2D eigenvalue weighted by Crippen LogP contribution is -2.39. The fourth-order valence-electron chi connectivity index (χ4n) is 2.48. The minimum atomic E-state index is -3.63. The highest BCUT2D eigenvalue weighted by Crippen LogP contribution is 2.24. The maximum Gasteiger partial charge on any atom is 0.260 e. The first-order valence-electron chi connectivity index (χ1n) is 8.22. The van der Waals surface area contributed by atoms with E-state index >= 15 is 0 Å². The lowest BCUT2D eigenvalue weighted by molar-refractivity contribution is -0.119. The summed E-state index contributed by atoms with van der Waals surface area (Å²) < 4.78 is 26.5. The predicted molar refractivity (Wildman–Crippen MR) is 113 cm³/mol. The number of sulfonamides is 1. The van der Waals surface area contributed by atoms with Crippen molar-refractivity contribution in [3.8, 4) is 0 Å². The fourth-order valence-corrected chi connectivity index (χ4v) is 3.78. The Hall–Kier alpha value is -2.19. The smallest absolute Gasteiger partial charge is 0.260 e. The van der Waals surface area contributed by atoms with E-state index in [-0.39, 0.29) is 6.54 Å². The van der Waals surface area contributed by atoms with Crippen molar-refractivity contribution < 1.29 is 13.2 Å². The summed E-state index contributed by atoms with van der Waals surface area (Å²) in [4.78, 5) is 12.3. The van der Waals surface area contributed by atoms with E-state index in [4.69, 9.17) is 0 Å². The van der Waals surface area contributed by atoms with Crippen LogP contribution in [0.1, 0.15) is 23.6 Å². The summed E-state index contributed by atoms with van der Waals surface area (Å²) in [6, 6.07) is 12.9. The van der Waals surface area contributed by atoms with Gasteiger partial charge in [0.2, 0.25) is 10.0 Å². The molecule has 0 aliphatic rings. The van der Waals surface area contributed by atoms with Crippen LogP contribution in [0.25, 0.3) is 0 Å². The summed E-state index contributed by atoms with van der Waals surface area (Å²) in [5, 5.41) is 4.08. The van der Waals surface area contributed by atoms with Gasteiger partial charge in [0.1, 0.15) is 6.54 Å². The minimum absolute atomic E-state index is 0.349. The molecule has 0 saturated heterocycles. The number of anilines is 1. The number of halogens is 1. The van der Waals surface area contributed by atoms with Gasteiger partial charge in [-0.25, -0.2) is 13.8 Å². The van der Waals surface area contributed by atoms with Crippen molar-refractivity contribution in [2.75, 3.05) is 17.1 Å². The molecule has 0 aliphatic heterocycles. The van der Waals surface area contributed by atoms with Crippen LogP contribution < -0.4 is 9.73 Å². The Morgan fingerprint density at radius 2 is 1.85 bits per heavy atom. The van der Waals surface area contributed by atoms with Gasteiger partial charge in [-0.15, -0.1) is 0 Å². The van der Waals surface area contributed by atoms with Gasteiger partial charge in [0.15, 0.2) is 0 Å². The van der Waals surface area contributed by atoms with Gasteiger partial charge in [0, 0.05) is 4.47 Å². The Morgan fingerprint density at radius 1 is 1.19 bits per heavy atom. The molecule has 1 amide bonds. The van der Waals surface area contributed by atoms with Crippen molar-refractivity contribution in [1.29, 1.82) is 0 Å². The summed E-state index contributed by atoms with van der Waals surface area (Å²) in [6.07, 6.45) is 1.08. The number of nitrogens with zero attached hydrogens (tertiary/aromatic N) is 2. The van der Waals surface area contributed by atoms with Gasteiger partial charge in [-0.05, 0) is 55.7 Å². The third-order valence-electron chi connectivity index (χ3n) is 4.12.